The highest BCUT2D eigenvalue weighted by Crippen LogP contribution is 2.44. The molecule has 0 fully saturated rings. The number of hydrogen-bond acceptors (Lipinski definition) is 6. The minimum absolute atomic E-state index is 0.0385. The fourth-order valence-corrected chi connectivity index (χ4v) is 4.79. The summed E-state index contributed by atoms with van der Waals surface area (Å²) in [6, 6.07) is 4.00. The highest BCUT2D eigenvalue weighted by molar-refractivity contribution is 7.16. The molecule has 1 atom stereocenters. The lowest BCUT2D eigenvalue weighted by Gasteiger charge is -2.33. The molecule has 4 rings (SSSR count). The van der Waals surface area contributed by atoms with E-state index in [1.54, 1.807) is 18.5 Å². The van der Waals surface area contributed by atoms with Crippen molar-refractivity contribution in [3.8, 4) is 6.07 Å². The van der Waals surface area contributed by atoms with E-state index in [0.29, 0.717) is 22.3 Å². The average Bonchev–Trinajstić information content (AvgIpc) is 3.20. The van der Waals surface area contributed by atoms with Crippen molar-refractivity contribution in [1.29, 1.82) is 5.26 Å². The lowest BCUT2D eigenvalue weighted by molar-refractivity contribution is 0.101. The van der Waals surface area contributed by atoms with E-state index < -0.39 is 5.91 Å². The van der Waals surface area contributed by atoms with E-state index in [2.05, 4.69) is 47.2 Å². The van der Waals surface area contributed by atoms with Gasteiger partial charge in [-0.3, -0.25) is 4.79 Å². The molecule has 0 radical (unpaired) electrons. The molecule has 138 valence electrons. The normalized spacial score (nSPS) is 16.7. The number of amides is 1. The fourth-order valence-electron chi connectivity index (χ4n) is 3.52. The number of anilines is 1. The maximum Gasteiger partial charge on any atom is 0.296 e. The molecule has 0 unspecified atom stereocenters. The lowest BCUT2D eigenvalue weighted by Crippen LogP contribution is -2.26. The SMILES string of the molecule is CC(C)(C)[C@H]1CCc2c(sc(NC(=O)c3nc4ncccn4n3)c2C#N)C1. The van der Waals surface area contributed by atoms with Gasteiger partial charge in [-0.25, -0.2) is 9.50 Å². The van der Waals surface area contributed by atoms with Crippen molar-refractivity contribution in [3.05, 3.63) is 40.3 Å². The second-order valence-electron chi connectivity index (χ2n) is 7.88. The van der Waals surface area contributed by atoms with Gasteiger partial charge < -0.3 is 5.32 Å². The molecule has 1 aliphatic rings. The molecular formula is C19H20N6OS. The molecule has 3 aromatic heterocycles. The van der Waals surface area contributed by atoms with Gasteiger partial charge >= 0.3 is 0 Å². The average molecular weight is 380 g/mol. The van der Waals surface area contributed by atoms with Crippen LogP contribution < -0.4 is 5.32 Å². The molecule has 0 aromatic carbocycles. The second kappa shape index (κ2) is 6.43. The Balaban J connectivity index is 1.62. The zero-order valence-electron chi connectivity index (χ0n) is 15.5. The van der Waals surface area contributed by atoms with Gasteiger partial charge in [0.15, 0.2) is 0 Å². The third-order valence-electron chi connectivity index (χ3n) is 5.15. The number of aromatic nitrogens is 4. The van der Waals surface area contributed by atoms with Gasteiger partial charge in [-0.1, -0.05) is 20.8 Å². The maximum absolute atomic E-state index is 12.6. The Morgan fingerprint density at radius 3 is 2.96 bits per heavy atom. The van der Waals surface area contributed by atoms with Gasteiger partial charge in [0.1, 0.15) is 11.1 Å². The molecule has 0 saturated carbocycles. The summed E-state index contributed by atoms with van der Waals surface area (Å²) in [5.41, 5.74) is 1.89. The Morgan fingerprint density at radius 1 is 1.44 bits per heavy atom. The smallest absolute Gasteiger partial charge is 0.296 e. The zero-order valence-corrected chi connectivity index (χ0v) is 16.3. The van der Waals surface area contributed by atoms with Crippen LogP contribution in [0.3, 0.4) is 0 Å². The summed E-state index contributed by atoms with van der Waals surface area (Å²) in [6.07, 6.45) is 6.17. The quantitative estimate of drug-likeness (QED) is 0.734. The zero-order chi connectivity index (χ0) is 19.2. The largest absolute Gasteiger partial charge is 0.310 e. The summed E-state index contributed by atoms with van der Waals surface area (Å²) in [7, 11) is 0. The van der Waals surface area contributed by atoms with E-state index in [0.717, 1.165) is 24.8 Å². The molecule has 7 nitrogen and oxygen atoms in total. The minimum atomic E-state index is -0.428. The number of hydrogen-bond donors (Lipinski definition) is 1. The predicted octanol–water partition coefficient (Wildman–Crippen LogP) is 3.46. The van der Waals surface area contributed by atoms with Crippen LogP contribution in [0, 0.1) is 22.7 Å². The molecule has 27 heavy (non-hydrogen) atoms. The van der Waals surface area contributed by atoms with Crippen molar-refractivity contribution >= 4 is 28.0 Å². The molecule has 3 heterocycles. The second-order valence-corrected chi connectivity index (χ2v) is 8.98. The molecule has 1 aliphatic carbocycles. The van der Waals surface area contributed by atoms with E-state index in [4.69, 9.17) is 0 Å². The topological polar surface area (TPSA) is 96.0 Å². The molecule has 1 N–H and O–H groups in total. The van der Waals surface area contributed by atoms with Crippen LogP contribution in [0.25, 0.3) is 5.78 Å². The van der Waals surface area contributed by atoms with Crippen LogP contribution in [0.2, 0.25) is 0 Å². The molecular weight excluding hydrogens is 360 g/mol. The Kier molecular flexibility index (Phi) is 4.19. The van der Waals surface area contributed by atoms with E-state index >= 15 is 0 Å². The van der Waals surface area contributed by atoms with Crippen LogP contribution in [0.4, 0.5) is 5.00 Å². The number of carbonyl (C=O) groups is 1. The number of carbonyl (C=O) groups excluding carboxylic acids is 1. The fraction of sp³-hybridized carbons (Fsp3) is 0.421. The van der Waals surface area contributed by atoms with Crippen LogP contribution in [-0.4, -0.2) is 25.5 Å². The molecule has 0 bridgehead atoms. The standard InChI is InChI=1S/C19H20N6OS/c1-19(2,3)11-5-6-12-13(10-20)17(27-14(12)9-11)23-16(26)15-22-18-21-7-4-8-25(18)24-15/h4,7-8,11H,5-6,9H2,1-3H3,(H,23,26)/t11-/m0/s1. The summed E-state index contributed by atoms with van der Waals surface area (Å²) < 4.78 is 1.45. The van der Waals surface area contributed by atoms with Gasteiger partial charge in [-0.15, -0.1) is 16.4 Å². The van der Waals surface area contributed by atoms with E-state index in [9.17, 15) is 10.1 Å². The first-order valence-corrected chi connectivity index (χ1v) is 9.72. The highest BCUT2D eigenvalue weighted by Gasteiger charge is 2.32. The van der Waals surface area contributed by atoms with Crippen LogP contribution in [0.5, 0.6) is 0 Å². The van der Waals surface area contributed by atoms with E-state index in [1.807, 2.05) is 0 Å². The highest BCUT2D eigenvalue weighted by atomic mass is 32.1. The van der Waals surface area contributed by atoms with Crippen molar-refractivity contribution in [3.63, 3.8) is 0 Å². The molecule has 1 amide bonds. The van der Waals surface area contributed by atoms with Crippen LogP contribution in [-0.2, 0) is 12.8 Å². The van der Waals surface area contributed by atoms with Crippen LogP contribution in [0.1, 0.15) is 53.8 Å². The summed E-state index contributed by atoms with van der Waals surface area (Å²) >= 11 is 1.50. The molecule has 0 saturated heterocycles. The monoisotopic (exact) mass is 380 g/mol. The van der Waals surface area contributed by atoms with Gasteiger partial charge in [-0.2, -0.15) is 10.2 Å². The van der Waals surface area contributed by atoms with Gasteiger partial charge in [-0.05, 0) is 42.2 Å². The Labute approximate surface area is 161 Å². The van der Waals surface area contributed by atoms with Crippen molar-refractivity contribution in [2.45, 2.75) is 40.0 Å². The number of nitriles is 1. The lowest BCUT2D eigenvalue weighted by atomic mass is 9.72. The number of rotatable bonds is 2. The Hall–Kier alpha value is -2.79. The number of fused-ring (bicyclic) bond motifs is 2. The Bertz CT molecular complexity index is 1040. The van der Waals surface area contributed by atoms with Crippen molar-refractivity contribution in [2.24, 2.45) is 11.3 Å². The van der Waals surface area contributed by atoms with Gasteiger partial charge in [0.2, 0.25) is 5.82 Å². The minimum Gasteiger partial charge on any atom is -0.310 e. The number of thiophene rings is 1. The first kappa shape index (κ1) is 17.6. The summed E-state index contributed by atoms with van der Waals surface area (Å²) in [5, 5.41) is 17.2. The van der Waals surface area contributed by atoms with Crippen LogP contribution in [0.15, 0.2) is 18.5 Å². The predicted molar refractivity (Wildman–Crippen MR) is 103 cm³/mol. The summed E-state index contributed by atoms with van der Waals surface area (Å²) in [5.74, 6) is 0.547. The summed E-state index contributed by atoms with van der Waals surface area (Å²) in [6.45, 7) is 6.77. The van der Waals surface area contributed by atoms with Crippen molar-refractivity contribution in [2.75, 3.05) is 5.32 Å². The van der Waals surface area contributed by atoms with Crippen LogP contribution >= 0.6 is 11.3 Å². The first-order valence-electron chi connectivity index (χ1n) is 8.90. The third-order valence-corrected chi connectivity index (χ3v) is 6.32. The third kappa shape index (κ3) is 3.19. The molecule has 8 heteroatoms. The maximum atomic E-state index is 12.6. The number of nitrogens with zero attached hydrogens (tertiary/aromatic N) is 5. The van der Waals surface area contributed by atoms with E-state index in [-0.39, 0.29) is 11.2 Å². The molecule has 3 aromatic rings. The van der Waals surface area contributed by atoms with E-state index in [1.165, 1.54) is 20.7 Å². The first-order chi connectivity index (χ1) is 12.9. The summed E-state index contributed by atoms with van der Waals surface area (Å²) in [4.78, 5) is 22.0. The van der Waals surface area contributed by atoms with Gasteiger partial charge in [0.05, 0.1) is 5.56 Å². The van der Waals surface area contributed by atoms with Crippen molar-refractivity contribution in [1.82, 2.24) is 19.6 Å². The molecule has 0 spiro atoms. The van der Waals surface area contributed by atoms with Gasteiger partial charge in [0, 0.05) is 17.3 Å². The molecule has 0 aliphatic heterocycles. The van der Waals surface area contributed by atoms with Gasteiger partial charge in [0.25, 0.3) is 11.7 Å². The Morgan fingerprint density at radius 2 is 2.26 bits per heavy atom. The number of nitrogens with one attached hydrogen (secondary N) is 1. The van der Waals surface area contributed by atoms with Crippen molar-refractivity contribution < 1.29 is 4.79 Å².